The maximum Gasteiger partial charge on any atom is 0.255 e. The summed E-state index contributed by atoms with van der Waals surface area (Å²) in [7, 11) is 0. The van der Waals surface area contributed by atoms with E-state index in [0.717, 1.165) is 5.76 Å². The third-order valence-electron chi connectivity index (χ3n) is 3.27. The molecule has 0 aliphatic carbocycles. The standard InChI is InChI=1S/C16H14FN3O2/c1-9-3-8-13(22-9)15-14(10(2)19-20-15)18-16(21)11-4-6-12(17)7-5-11/h3-8H,1-2H3,(H,18,21)(H,19,20). The van der Waals surface area contributed by atoms with Gasteiger partial charge in [0.1, 0.15) is 11.6 Å². The fraction of sp³-hybridized carbons (Fsp3) is 0.125. The van der Waals surface area contributed by atoms with Gasteiger partial charge in [-0.2, -0.15) is 5.10 Å². The molecule has 0 spiro atoms. The number of aromatic nitrogens is 2. The van der Waals surface area contributed by atoms with Crippen molar-refractivity contribution in [2.45, 2.75) is 13.8 Å². The van der Waals surface area contributed by atoms with Gasteiger partial charge in [-0.1, -0.05) is 0 Å². The molecule has 0 saturated heterocycles. The van der Waals surface area contributed by atoms with Crippen LogP contribution in [0.3, 0.4) is 0 Å². The molecule has 0 saturated carbocycles. The van der Waals surface area contributed by atoms with Crippen LogP contribution in [0.1, 0.15) is 21.8 Å². The fourth-order valence-corrected chi connectivity index (χ4v) is 2.11. The zero-order chi connectivity index (χ0) is 15.7. The Morgan fingerprint density at radius 3 is 2.55 bits per heavy atom. The van der Waals surface area contributed by atoms with Crippen LogP contribution in [0, 0.1) is 19.7 Å². The van der Waals surface area contributed by atoms with E-state index in [1.807, 2.05) is 13.0 Å². The summed E-state index contributed by atoms with van der Waals surface area (Å²) in [6.45, 7) is 3.63. The van der Waals surface area contributed by atoms with E-state index in [0.29, 0.717) is 28.4 Å². The number of nitrogens with zero attached hydrogens (tertiary/aromatic N) is 1. The highest BCUT2D eigenvalue weighted by atomic mass is 19.1. The lowest BCUT2D eigenvalue weighted by atomic mass is 10.2. The van der Waals surface area contributed by atoms with Crippen LogP contribution in [0.25, 0.3) is 11.5 Å². The van der Waals surface area contributed by atoms with Gasteiger partial charge in [0.2, 0.25) is 0 Å². The molecule has 22 heavy (non-hydrogen) atoms. The molecule has 0 unspecified atom stereocenters. The Balaban J connectivity index is 1.91. The van der Waals surface area contributed by atoms with Crippen LogP contribution in [0.2, 0.25) is 0 Å². The molecule has 2 N–H and O–H groups in total. The molecule has 1 amide bonds. The summed E-state index contributed by atoms with van der Waals surface area (Å²) in [5, 5.41) is 9.78. The van der Waals surface area contributed by atoms with Crippen LogP contribution in [-0.2, 0) is 0 Å². The monoisotopic (exact) mass is 299 g/mol. The number of carbonyl (C=O) groups is 1. The van der Waals surface area contributed by atoms with Crippen molar-refractivity contribution in [3.63, 3.8) is 0 Å². The van der Waals surface area contributed by atoms with Crippen molar-refractivity contribution in [3.8, 4) is 11.5 Å². The largest absolute Gasteiger partial charge is 0.460 e. The zero-order valence-electron chi connectivity index (χ0n) is 12.1. The van der Waals surface area contributed by atoms with Crippen molar-refractivity contribution in [3.05, 3.63) is 59.2 Å². The minimum atomic E-state index is -0.386. The molecule has 0 radical (unpaired) electrons. The first-order chi connectivity index (χ1) is 10.5. The van der Waals surface area contributed by atoms with Gasteiger partial charge < -0.3 is 9.73 Å². The van der Waals surface area contributed by atoms with Gasteiger partial charge in [-0.05, 0) is 50.2 Å². The van der Waals surface area contributed by atoms with Crippen molar-refractivity contribution in [2.75, 3.05) is 5.32 Å². The average molecular weight is 299 g/mol. The molecule has 112 valence electrons. The summed E-state index contributed by atoms with van der Waals surface area (Å²) in [6.07, 6.45) is 0. The smallest absolute Gasteiger partial charge is 0.255 e. The minimum absolute atomic E-state index is 0.339. The lowest BCUT2D eigenvalue weighted by molar-refractivity contribution is 0.102. The van der Waals surface area contributed by atoms with Crippen LogP contribution in [-0.4, -0.2) is 16.1 Å². The predicted molar refractivity (Wildman–Crippen MR) is 80.1 cm³/mol. The van der Waals surface area contributed by atoms with Gasteiger partial charge >= 0.3 is 0 Å². The van der Waals surface area contributed by atoms with E-state index in [1.165, 1.54) is 24.3 Å². The summed E-state index contributed by atoms with van der Waals surface area (Å²) in [6, 6.07) is 8.96. The molecule has 2 aromatic heterocycles. The first-order valence-corrected chi connectivity index (χ1v) is 6.73. The summed E-state index contributed by atoms with van der Waals surface area (Å²) in [4.78, 5) is 12.3. The van der Waals surface area contributed by atoms with E-state index in [4.69, 9.17) is 4.42 Å². The number of furan rings is 1. The maximum atomic E-state index is 12.9. The average Bonchev–Trinajstić information content (AvgIpc) is 3.07. The third kappa shape index (κ3) is 2.63. The number of carbonyl (C=O) groups excluding carboxylic acids is 1. The lowest BCUT2D eigenvalue weighted by Gasteiger charge is -2.06. The SMILES string of the molecule is Cc1ccc(-c2n[nH]c(C)c2NC(=O)c2ccc(F)cc2)o1. The van der Waals surface area contributed by atoms with Gasteiger partial charge in [-0.15, -0.1) is 0 Å². The Kier molecular flexibility index (Phi) is 3.50. The summed E-state index contributed by atoms with van der Waals surface area (Å²) >= 11 is 0. The number of rotatable bonds is 3. The Morgan fingerprint density at radius 1 is 1.18 bits per heavy atom. The van der Waals surface area contributed by atoms with E-state index >= 15 is 0 Å². The Morgan fingerprint density at radius 2 is 1.91 bits per heavy atom. The molecular formula is C16H14FN3O2. The quantitative estimate of drug-likeness (QED) is 0.775. The number of H-pyrrole nitrogens is 1. The molecule has 0 fully saturated rings. The highest BCUT2D eigenvalue weighted by Gasteiger charge is 2.18. The molecule has 0 atom stereocenters. The number of halogens is 1. The van der Waals surface area contributed by atoms with Crippen molar-refractivity contribution in [2.24, 2.45) is 0 Å². The van der Waals surface area contributed by atoms with Crippen molar-refractivity contribution in [1.29, 1.82) is 0 Å². The summed E-state index contributed by atoms with van der Waals surface area (Å²) < 4.78 is 18.5. The van der Waals surface area contributed by atoms with Gasteiger partial charge in [-0.25, -0.2) is 4.39 Å². The highest BCUT2D eigenvalue weighted by molar-refractivity contribution is 6.06. The normalized spacial score (nSPS) is 10.7. The van der Waals surface area contributed by atoms with Gasteiger partial charge in [-0.3, -0.25) is 9.89 Å². The second-order valence-corrected chi connectivity index (χ2v) is 4.94. The number of hydrogen-bond donors (Lipinski definition) is 2. The van der Waals surface area contributed by atoms with E-state index in [9.17, 15) is 9.18 Å². The molecule has 2 heterocycles. The highest BCUT2D eigenvalue weighted by Crippen LogP contribution is 2.30. The molecule has 5 nitrogen and oxygen atoms in total. The molecule has 3 aromatic rings. The van der Waals surface area contributed by atoms with Crippen molar-refractivity contribution in [1.82, 2.24) is 10.2 Å². The molecule has 6 heteroatoms. The molecule has 3 rings (SSSR count). The number of aromatic amines is 1. The van der Waals surface area contributed by atoms with E-state index in [1.54, 1.807) is 13.0 Å². The van der Waals surface area contributed by atoms with E-state index < -0.39 is 0 Å². The van der Waals surface area contributed by atoms with Crippen LogP contribution < -0.4 is 5.32 Å². The summed E-state index contributed by atoms with van der Waals surface area (Å²) in [5.41, 5.74) is 2.15. The number of nitrogens with one attached hydrogen (secondary N) is 2. The van der Waals surface area contributed by atoms with Crippen molar-refractivity contribution >= 4 is 11.6 Å². The van der Waals surface area contributed by atoms with Crippen LogP contribution in [0.5, 0.6) is 0 Å². The summed E-state index contributed by atoms with van der Waals surface area (Å²) in [5.74, 6) is 0.597. The van der Waals surface area contributed by atoms with Gasteiger partial charge in [0.15, 0.2) is 11.5 Å². The first kappa shape index (κ1) is 14.1. The Hall–Kier alpha value is -2.89. The van der Waals surface area contributed by atoms with Crippen molar-refractivity contribution < 1.29 is 13.6 Å². The Bertz CT molecular complexity index is 818. The fourth-order valence-electron chi connectivity index (χ4n) is 2.11. The maximum absolute atomic E-state index is 12.9. The van der Waals surface area contributed by atoms with Gasteiger partial charge in [0.05, 0.1) is 11.4 Å². The van der Waals surface area contributed by atoms with Crippen LogP contribution in [0.15, 0.2) is 40.8 Å². The number of hydrogen-bond acceptors (Lipinski definition) is 3. The second-order valence-electron chi connectivity index (χ2n) is 4.94. The molecule has 0 bridgehead atoms. The second kappa shape index (κ2) is 5.48. The molecule has 0 aliphatic heterocycles. The van der Waals surface area contributed by atoms with Gasteiger partial charge in [0.25, 0.3) is 5.91 Å². The topological polar surface area (TPSA) is 70.9 Å². The number of aryl methyl sites for hydroxylation is 2. The number of anilines is 1. The molecule has 1 aromatic carbocycles. The lowest BCUT2D eigenvalue weighted by Crippen LogP contribution is -2.12. The first-order valence-electron chi connectivity index (χ1n) is 6.73. The van der Waals surface area contributed by atoms with E-state index in [2.05, 4.69) is 15.5 Å². The zero-order valence-corrected chi connectivity index (χ0v) is 12.1. The van der Waals surface area contributed by atoms with Crippen LogP contribution >= 0.6 is 0 Å². The molecule has 0 aliphatic rings. The van der Waals surface area contributed by atoms with E-state index in [-0.39, 0.29) is 11.7 Å². The van der Waals surface area contributed by atoms with Crippen LogP contribution in [0.4, 0.5) is 10.1 Å². The van der Waals surface area contributed by atoms with Gasteiger partial charge in [0, 0.05) is 5.56 Å². The minimum Gasteiger partial charge on any atom is -0.460 e. The third-order valence-corrected chi connectivity index (χ3v) is 3.27. The number of amides is 1. The molecular weight excluding hydrogens is 285 g/mol. The predicted octanol–water partition coefficient (Wildman–Crippen LogP) is 3.68. The Labute approximate surface area is 126 Å². The number of benzene rings is 1.